The van der Waals surface area contributed by atoms with Crippen LogP contribution < -0.4 is 4.74 Å². The lowest BCUT2D eigenvalue weighted by Gasteiger charge is -2.37. The maximum atomic E-state index is 12.8. The molecule has 148 valence electrons. The van der Waals surface area contributed by atoms with Gasteiger partial charge in [0.05, 0.1) is 20.1 Å². The van der Waals surface area contributed by atoms with Gasteiger partial charge >= 0.3 is 0 Å². The molecule has 2 unspecified atom stereocenters. The van der Waals surface area contributed by atoms with Crippen molar-refractivity contribution >= 4 is 11.8 Å². The van der Waals surface area contributed by atoms with Gasteiger partial charge in [0.25, 0.3) is 0 Å². The second kappa shape index (κ2) is 9.22. The van der Waals surface area contributed by atoms with Crippen molar-refractivity contribution in [2.75, 3.05) is 47.0 Å². The van der Waals surface area contributed by atoms with E-state index in [-0.39, 0.29) is 11.8 Å². The topological polar surface area (TPSA) is 59.1 Å². The summed E-state index contributed by atoms with van der Waals surface area (Å²) >= 11 is 0. The van der Waals surface area contributed by atoms with E-state index in [2.05, 4.69) is 0 Å². The van der Waals surface area contributed by atoms with E-state index in [1.807, 2.05) is 34.1 Å². The monoisotopic (exact) mass is 374 g/mol. The molecule has 0 saturated carbocycles. The summed E-state index contributed by atoms with van der Waals surface area (Å²) in [5, 5.41) is 0. The molecule has 6 heteroatoms. The maximum absolute atomic E-state index is 12.8. The fourth-order valence-electron chi connectivity index (χ4n) is 4.17. The van der Waals surface area contributed by atoms with E-state index in [4.69, 9.17) is 9.47 Å². The van der Waals surface area contributed by atoms with E-state index >= 15 is 0 Å². The number of carbonyl (C=O) groups is 2. The molecule has 0 spiro atoms. The van der Waals surface area contributed by atoms with Gasteiger partial charge in [-0.2, -0.15) is 0 Å². The lowest BCUT2D eigenvalue weighted by molar-refractivity contribution is -0.133. The molecule has 0 bridgehead atoms. The van der Waals surface area contributed by atoms with E-state index in [1.165, 1.54) is 0 Å². The summed E-state index contributed by atoms with van der Waals surface area (Å²) < 4.78 is 10.3. The van der Waals surface area contributed by atoms with Gasteiger partial charge < -0.3 is 19.3 Å². The van der Waals surface area contributed by atoms with Crippen LogP contribution in [0.4, 0.5) is 0 Å². The Kier molecular flexibility index (Phi) is 6.72. The van der Waals surface area contributed by atoms with Crippen molar-refractivity contribution < 1.29 is 19.1 Å². The number of hydrogen-bond donors (Lipinski definition) is 0. The molecule has 2 atom stereocenters. The van der Waals surface area contributed by atoms with Gasteiger partial charge in [-0.3, -0.25) is 9.59 Å². The smallest absolute Gasteiger partial charge is 0.226 e. The summed E-state index contributed by atoms with van der Waals surface area (Å²) in [4.78, 5) is 29.1. The molecule has 6 nitrogen and oxygen atoms in total. The zero-order valence-corrected chi connectivity index (χ0v) is 16.4. The van der Waals surface area contributed by atoms with Crippen molar-refractivity contribution in [2.45, 2.75) is 25.7 Å². The molecular formula is C21H30N2O4. The minimum absolute atomic E-state index is 0.172. The summed E-state index contributed by atoms with van der Waals surface area (Å²) in [7, 11) is 3.30. The van der Waals surface area contributed by atoms with Gasteiger partial charge in [0, 0.05) is 39.7 Å². The number of piperidine rings is 1. The van der Waals surface area contributed by atoms with Crippen LogP contribution in [0.2, 0.25) is 0 Å². The summed E-state index contributed by atoms with van der Waals surface area (Å²) in [6, 6.07) is 7.67. The van der Waals surface area contributed by atoms with Crippen LogP contribution in [0.25, 0.3) is 0 Å². The van der Waals surface area contributed by atoms with Crippen molar-refractivity contribution in [1.29, 1.82) is 0 Å². The fraction of sp³-hybridized carbons (Fsp3) is 0.619. The molecule has 2 fully saturated rings. The number of benzene rings is 1. The Balaban J connectivity index is 1.56. The number of amides is 2. The average Bonchev–Trinajstić information content (AvgIpc) is 2.84. The number of ether oxygens (including phenoxy) is 2. The van der Waals surface area contributed by atoms with E-state index in [1.54, 1.807) is 14.2 Å². The van der Waals surface area contributed by atoms with E-state index in [0.717, 1.165) is 43.8 Å². The summed E-state index contributed by atoms with van der Waals surface area (Å²) in [6.45, 7) is 3.53. The number of rotatable bonds is 6. The van der Waals surface area contributed by atoms with Crippen molar-refractivity contribution in [3.05, 3.63) is 29.8 Å². The molecule has 27 heavy (non-hydrogen) atoms. The maximum Gasteiger partial charge on any atom is 0.226 e. The summed E-state index contributed by atoms with van der Waals surface area (Å²) in [6.07, 6.45) is 2.91. The number of carbonyl (C=O) groups excluding carboxylic acids is 2. The third kappa shape index (κ3) is 5.01. The Labute approximate surface area is 161 Å². The Bertz CT molecular complexity index is 646. The first-order valence-corrected chi connectivity index (χ1v) is 9.78. The minimum Gasteiger partial charge on any atom is -0.497 e. The standard InChI is InChI=1S/C21H30N2O4/c1-26-12-11-22-9-8-18-15-23(10-7-17(18)14-21(22)25)20(24)13-16-3-5-19(27-2)6-4-16/h3-6,17-18H,7-15H2,1-2H3. The Morgan fingerprint density at radius 2 is 1.85 bits per heavy atom. The van der Waals surface area contributed by atoms with Crippen LogP contribution in [0.1, 0.15) is 24.8 Å². The molecular weight excluding hydrogens is 344 g/mol. The van der Waals surface area contributed by atoms with E-state index in [0.29, 0.717) is 37.8 Å². The molecule has 3 rings (SSSR count). The van der Waals surface area contributed by atoms with Gasteiger partial charge in [0.2, 0.25) is 11.8 Å². The molecule has 2 aliphatic rings. The number of likely N-dealkylation sites (tertiary alicyclic amines) is 2. The van der Waals surface area contributed by atoms with E-state index < -0.39 is 0 Å². The quantitative estimate of drug-likeness (QED) is 0.764. The van der Waals surface area contributed by atoms with Crippen LogP contribution in [0.3, 0.4) is 0 Å². The Morgan fingerprint density at radius 3 is 2.56 bits per heavy atom. The van der Waals surface area contributed by atoms with Crippen LogP contribution >= 0.6 is 0 Å². The van der Waals surface area contributed by atoms with Gasteiger partial charge in [-0.15, -0.1) is 0 Å². The van der Waals surface area contributed by atoms with Crippen LogP contribution in [0.5, 0.6) is 5.75 Å². The lowest BCUT2D eigenvalue weighted by atomic mass is 9.82. The fourth-order valence-corrected chi connectivity index (χ4v) is 4.17. The number of methoxy groups -OCH3 is 2. The molecule has 0 aliphatic carbocycles. The molecule has 1 aromatic carbocycles. The van der Waals surface area contributed by atoms with Crippen LogP contribution in [0, 0.1) is 11.8 Å². The third-order valence-electron chi connectivity index (χ3n) is 5.88. The highest BCUT2D eigenvalue weighted by atomic mass is 16.5. The minimum atomic E-state index is 0.172. The second-order valence-corrected chi connectivity index (χ2v) is 7.54. The number of nitrogens with zero attached hydrogens (tertiary/aromatic N) is 2. The number of hydrogen-bond acceptors (Lipinski definition) is 4. The summed E-state index contributed by atoms with van der Waals surface area (Å²) in [5.41, 5.74) is 1.00. The predicted molar refractivity (Wildman–Crippen MR) is 103 cm³/mol. The molecule has 2 saturated heterocycles. The van der Waals surface area contributed by atoms with Gasteiger partial charge in [0.1, 0.15) is 5.75 Å². The van der Waals surface area contributed by atoms with Gasteiger partial charge in [-0.05, 0) is 42.4 Å². The van der Waals surface area contributed by atoms with Gasteiger partial charge in [-0.25, -0.2) is 0 Å². The third-order valence-corrected chi connectivity index (χ3v) is 5.88. The molecule has 0 aromatic heterocycles. The molecule has 2 amide bonds. The highest BCUT2D eigenvalue weighted by Crippen LogP contribution is 2.32. The molecule has 2 heterocycles. The van der Waals surface area contributed by atoms with Gasteiger partial charge in [0.15, 0.2) is 0 Å². The first-order chi connectivity index (χ1) is 13.1. The van der Waals surface area contributed by atoms with Crippen molar-refractivity contribution in [3.63, 3.8) is 0 Å². The highest BCUT2D eigenvalue weighted by molar-refractivity contribution is 5.79. The molecule has 1 aromatic rings. The first-order valence-electron chi connectivity index (χ1n) is 9.78. The lowest BCUT2D eigenvalue weighted by Crippen LogP contribution is -2.44. The number of fused-ring (bicyclic) bond motifs is 1. The normalized spacial score (nSPS) is 23.0. The largest absolute Gasteiger partial charge is 0.497 e. The summed E-state index contributed by atoms with van der Waals surface area (Å²) in [5.74, 6) is 2.02. The molecule has 2 aliphatic heterocycles. The second-order valence-electron chi connectivity index (χ2n) is 7.54. The Hall–Kier alpha value is -2.08. The molecule has 0 N–H and O–H groups in total. The zero-order chi connectivity index (χ0) is 19.2. The predicted octanol–water partition coefficient (Wildman–Crippen LogP) is 1.97. The average molecular weight is 374 g/mol. The van der Waals surface area contributed by atoms with Crippen LogP contribution in [0.15, 0.2) is 24.3 Å². The van der Waals surface area contributed by atoms with Crippen LogP contribution in [-0.4, -0.2) is 68.6 Å². The van der Waals surface area contributed by atoms with Crippen molar-refractivity contribution in [1.82, 2.24) is 9.80 Å². The Morgan fingerprint density at radius 1 is 1.11 bits per heavy atom. The first kappa shape index (κ1) is 19.7. The van der Waals surface area contributed by atoms with Crippen molar-refractivity contribution in [3.8, 4) is 5.75 Å². The molecule has 0 radical (unpaired) electrons. The SMILES string of the molecule is COCCN1CCC2CN(C(=O)Cc3ccc(OC)cc3)CCC2CC1=O. The van der Waals surface area contributed by atoms with Crippen LogP contribution in [-0.2, 0) is 20.7 Å². The van der Waals surface area contributed by atoms with E-state index in [9.17, 15) is 9.59 Å². The zero-order valence-electron chi connectivity index (χ0n) is 16.4. The van der Waals surface area contributed by atoms with Gasteiger partial charge in [-0.1, -0.05) is 12.1 Å². The highest BCUT2D eigenvalue weighted by Gasteiger charge is 2.36. The van der Waals surface area contributed by atoms with Crippen molar-refractivity contribution in [2.24, 2.45) is 11.8 Å².